The molecule has 13 heteroatoms. The number of amides is 1. The molecule has 1 amide bonds. The second-order valence-corrected chi connectivity index (χ2v) is 13.0. The number of aliphatic hydroxyl groups excluding tert-OH is 1. The van der Waals surface area contributed by atoms with Crippen LogP contribution in [0.15, 0.2) is 47.9 Å². The summed E-state index contributed by atoms with van der Waals surface area (Å²) in [5.74, 6) is -3.08. The Balaban J connectivity index is 1.81. The number of aliphatic hydroxyl groups is 1. The van der Waals surface area contributed by atoms with Crippen LogP contribution in [0, 0.1) is 0 Å². The number of imidazole rings is 1. The van der Waals surface area contributed by atoms with Crippen molar-refractivity contribution in [3.05, 3.63) is 54.5 Å². The Labute approximate surface area is 233 Å². The number of pyridine rings is 1. The van der Waals surface area contributed by atoms with Crippen molar-refractivity contribution < 1.29 is 23.4 Å². The highest BCUT2D eigenvalue weighted by Gasteiger charge is 2.32. The summed E-state index contributed by atoms with van der Waals surface area (Å²) in [6.45, 7) is 7.74. The van der Waals surface area contributed by atoms with Crippen LogP contribution in [-0.2, 0) is 6.54 Å². The van der Waals surface area contributed by atoms with Crippen molar-refractivity contribution in [3.63, 3.8) is 0 Å². The fraction of sp³-hybridized carbons (Fsp3) is 0.407. The molecule has 214 valence electrons. The van der Waals surface area contributed by atoms with Crippen LogP contribution in [0.4, 0.5) is 8.78 Å². The quantitative estimate of drug-likeness (QED) is 0.286. The van der Waals surface area contributed by atoms with E-state index >= 15 is 0 Å². The Morgan fingerprint density at radius 3 is 2.52 bits per heavy atom. The van der Waals surface area contributed by atoms with Gasteiger partial charge in [0.2, 0.25) is 0 Å². The minimum absolute atomic E-state index is 0.0850. The molecule has 4 aromatic rings. The van der Waals surface area contributed by atoms with E-state index in [0.717, 1.165) is 9.58 Å². The van der Waals surface area contributed by atoms with Gasteiger partial charge < -0.3 is 15.2 Å². The van der Waals surface area contributed by atoms with E-state index in [1.54, 1.807) is 38.7 Å². The summed E-state index contributed by atoms with van der Waals surface area (Å²) in [5.41, 5.74) is 1.24. The van der Waals surface area contributed by atoms with Crippen molar-refractivity contribution in [1.29, 1.82) is 0 Å². The summed E-state index contributed by atoms with van der Waals surface area (Å²) >= 11 is 0. The number of fused-ring (bicyclic) bond motifs is 1. The molecule has 0 saturated heterocycles. The molecule has 4 heterocycles. The molecule has 10 nitrogen and oxygen atoms in total. The molecular weight excluding hydrogens is 540 g/mol. The Morgan fingerprint density at radius 1 is 1.23 bits per heavy atom. The highest BCUT2D eigenvalue weighted by molar-refractivity contribution is 8.16. The van der Waals surface area contributed by atoms with Crippen LogP contribution in [0.3, 0.4) is 0 Å². The number of carbonyl (C=O) groups excluding carboxylic acids is 1. The maximum Gasteiger partial charge on any atom is 0.289 e. The molecule has 0 bridgehead atoms. The minimum atomic E-state index is -3.50. The monoisotopic (exact) mass is 573 g/mol. The molecule has 0 aliphatic rings. The fourth-order valence-corrected chi connectivity index (χ4v) is 6.49. The number of halogens is 2. The van der Waals surface area contributed by atoms with Crippen LogP contribution in [0.25, 0.3) is 17.0 Å². The van der Waals surface area contributed by atoms with Gasteiger partial charge in [-0.1, -0.05) is 26.1 Å². The van der Waals surface area contributed by atoms with Gasteiger partial charge in [-0.15, -0.1) is 10.5 Å². The van der Waals surface area contributed by atoms with E-state index in [1.165, 1.54) is 6.07 Å². The normalized spacial score (nSPS) is 13.9. The number of aromatic nitrogens is 6. The molecule has 2 N–H and O–H groups in total. The summed E-state index contributed by atoms with van der Waals surface area (Å²) in [7, 11) is 1.30. The Bertz CT molecular complexity index is 1540. The topological polar surface area (TPSA) is 119 Å². The zero-order chi connectivity index (χ0) is 29.2. The van der Waals surface area contributed by atoms with Crippen LogP contribution in [0.1, 0.15) is 57.0 Å². The van der Waals surface area contributed by atoms with Crippen LogP contribution >= 0.6 is 10.5 Å². The molecule has 0 fully saturated rings. The number of nitrogens with zero attached hydrogens (tertiary/aromatic N) is 6. The lowest BCUT2D eigenvalue weighted by Crippen LogP contribution is -2.34. The van der Waals surface area contributed by atoms with Crippen molar-refractivity contribution in [1.82, 2.24) is 34.4 Å². The maximum absolute atomic E-state index is 14.3. The molecule has 0 aliphatic heterocycles. The van der Waals surface area contributed by atoms with Gasteiger partial charge in [-0.2, -0.15) is 5.10 Å². The van der Waals surface area contributed by atoms with Crippen LogP contribution < -0.4 is 10.1 Å². The Kier molecular flexibility index (Phi) is 8.36. The van der Waals surface area contributed by atoms with Gasteiger partial charge >= 0.3 is 0 Å². The first-order valence-electron chi connectivity index (χ1n) is 12.6. The molecule has 0 saturated carbocycles. The average molecular weight is 574 g/mol. The van der Waals surface area contributed by atoms with Gasteiger partial charge in [0.25, 0.3) is 11.8 Å². The Hall–Kier alpha value is -3.71. The lowest BCUT2D eigenvalue weighted by Gasteiger charge is -2.26. The molecule has 0 aromatic carbocycles. The van der Waals surface area contributed by atoms with E-state index in [-0.39, 0.29) is 26.6 Å². The number of alkyl halides is 2. The third-order valence-corrected chi connectivity index (χ3v) is 8.71. The second-order valence-electron chi connectivity index (χ2n) is 10.2. The lowest BCUT2D eigenvalue weighted by atomic mass is 10.2. The van der Waals surface area contributed by atoms with Crippen molar-refractivity contribution in [2.45, 2.75) is 62.8 Å². The first kappa shape index (κ1) is 29.3. The first-order valence-corrected chi connectivity index (χ1v) is 13.9. The molecule has 4 rings (SSSR count). The summed E-state index contributed by atoms with van der Waals surface area (Å²) < 4.78 is 36.9. The van der Waals surface area contributed by atoms with Gasteiger partial charge in [-0.05, 0) is 26.0 Å². The summed E-state index contributed by atoms with van der Waals surface area (Å²) in [6, 6.07) is 4.31. The van der Waals surface area contributed by atoms with Gasteiger partial charge in [-0.3, -0.25) is 13.9 Å². The molecule has 40 heavy (non-hydrogen) atoms. The van der Waals surface area contributed by atoms with E-state index in [0.29, 0.717) is 22.9 Å². The van der Waals surface area contributed by atoms with Gasteiger partial charge in [-0.25, -0.2) is 23.7 Å². The maximum atomic E-state index is 14.3. The predicted octanol–water partition coefficient (Wildman–Crippen LogP) is 4.36. The number of ether oxygens (including phenoxy) is 1. The molecule has 0 radical (unpaired) electrons. The number of hydrogen-bond acceptors (Lipinski definition) is 7. The summed E-state index contributed by atoms with van der Waals surface area (Å²) in [4.78, 5) is 27.0. The SMILES string of the molecule is C/C=S(/c1cn2c(-c3cc(C(=O)N[C@H](C)c4ncccn4)n(CC(F)(F)CO)n3)cnc2cc1OC)C(C)(C)C. The lowest BCUT2D eigenvalue weighted by molar-refractivity contribution is -0.0654. The number of rotatable bonds is 9. The number of hydrogen-bond donors (Lipinski definition) is 2. The zero-order valence-electron chi connectivity index (χ0n) is 23.2. The van der Waals surface area contributed by atoms with Crippen molar-refractivity contribution in [3.8, 4) is 17.1 Å². The van der Waals surface area contributed by atoms with Gasteiger partial charge in [0, 0.05) is 29.4 Å². The van der Waals surface area contributed by atoms with Crippen molar-refractivity contribution in [2.24, 2.45) is 0 Å². The van der Waals surface area contributed by atoms with Crippen molar-refractivity contribution in [2.75, 3.05) is 13.7 Å². The zero-order valence-corrected chi connectivity index (χ0v) is 24.0. The Morgan fingerprint density at radius 2 is 1.93 bits per heavy atom. The minimum Gasteiger partial charge on any atom is -0.495 e. The molecule has 1 unspecified atom stereocenters. The molecule has 0 spiro atoms. The summed E-state index contributed by atoms with van der Waals surface area (Å²) in [6.07, 6.45) is 6.58. The molecular formula is C27H33F2N7O3S. The van der Waals surface area contributed by atoms with E-state index in [1.807, 2.05) is 23.6 Å². The van der Waals surface area contributed by atoms with Gasteiger partial charge in [0.15, 0.2) is 0 Å². The molecule has 2 atom stereocenters. The molecule has 4 aromatic heterocycles. The van der Waals surface area contributed by atoms with Crippen molar-refractivity contribution >= 4 is 27.4 Å². The number of nitrogens with one attached hydrogen (secondary N) is 1. The first-order chi connectivity index (χ1) is 18.9. The van der Waals surface area contributed by atoms with Gasteiger partial charge in [0.05, 0.1) is 29.9 Å². The number of methoxy groups -OCH3 is 1. The van der Waals surface area contributed by atoms with E-state index in [4.69, 9.17) is 4.74 Å². The van der Waals surface area contributed by atoms with Crippen LogP contribution in [0.5, 0.6) is 5.75 Å². The van der Waals surface area contributed by atoms with Crippen LogP contribution in [0.2, 0.25) is 0 Å². The third-order valence-electron chi connectivity index (χ3n) is 6.14. The summed E-state index contributed by atoms with van der Waals surface area (Å²) in [5, 5.41) is 18.4. The van der Waals surface area contributed by atoms with E-state index in [2.05, 4.69) is 51.5 Å². The number of carbonyl (C=O) groups is 1. The highest BCUT2D eigenvalue weighted by Crippen LogP contribution is 2.44. The third kappa shape index (κ3) is 6.04. The smallest absolute Gasteiger partial charge is 0.289 e. The average Bonchev–Trinajstić information content (AvgIpc) is 3.51. The fourth-order valence-electron chi connectivity index (χ4n) is 4.30. The van der Waals surface area contributed by atoms with Crippen LogP contribution in [-0.4, -0.2) is 69.9 Å². The van der Waals surface area contributed by atoms with E-state index < -0.39 is 31.0 Å². The second kappa shape index (κ2) is 11.4. The standard InChI is InChI=1S/C27H33F2N7O3S/c1-7-40(26(3,4)5)22-14-35-20(13-32-23(35)12-21(22)39-6)18-11-19(36(34-18)15-27(28,29)16-37)25(38)33-17(2)24-30-9-8-10-31-24/h7-14,17,37H,15-16H2,1-6H3,(H,33,38)/t17-,40?/m1/s1. The van der Waals surface area contributed by atoms with E-state index in [9.17, 15) is 18.7 Å². The highest BCUT2D eigenvalue weighted by atomic mass is 32.2. The largest absolute Gasteiger partial charge is 0.495 e. The van der Waals surface area contributed by atoms with Gasteiger partial charge in [0.1, 0.15) is 41.8 Å². The predicted molar refractivity (Wildman–Crippen MR) is 150 cm³/mol. The molecule has 0 aliphatic carbocycles.